The fraction of sp³-hybridized carbons (Fsp3) is 0. The average molecular weight is 278 g/mol. The van der Waals surface area contributed by atoms with E-state index in [1.807, 2.05) is 11.0 Å². The van der Waals surface area contributed by atoms with Gasteiger partial charge in [0.1, 0.15) is 0 Å². The second-order valence-electron chi connectivity index (χ2n) is 2.20. The number of benzene rings is 1. The molecule has 0 radical (unpaired) electrons. The van der Waals surface area contributed by atoms with Gasteiger partial charge in [-0.15, -0.1) is 0 Å². The molecule has 0 atom stereocenters. The van der Waals surface area contributed by atoms with Gasteiger partial charge in [-0.05, 0) is 0 Å². The van der Waals surface area contributed by atoms with Crippen molar-refractivity contribution in [2.45, 2.75) is 0 Å². The monoisotopic (exact) mass is 278 g/mol. The van der Waals surface area contributed by atoms with Crippen molar-refractivity contribution in [3.8, 4) is 0 Å². The number of hydrogen-bond donors (Lipinski definition) is 0. The molecular formula is C8H4BrFSe. The SMILES string of the molecule is Fc1cccc2[se]cc(Br)c12. The molecule has 0 aliphatic carbocycles. The van der Waals surface area contributed by atoms with E-state index >= 15 is 0 Å². The Bertz CT molecular complexity index is 394. The Morgan fingerprint density at radius 1 is 1.36 bits per heavy atom. The quantitative estimate of drug-likeness (QED) is 0.650. The van der Waals surface area contributed by atoms with Gasteiger partial charge in [0.05, 0.1) is 0 Å². The van der Waals surface area contributed by atoms with E-state index < -0.39 is 0 Å². The molecule has 0 N–H and O–H groups in total. The van der Waals surface area contributed by atoms with Gasteiger partial charge in [0.15, 0.2) is 0 Å². The number of hydrogen-bond acceptors (Lipinski definition) is 0. The molecule has 0 fully saturated rings. The van der Waals surface area contributed by atoms with E-state index in [1.165, 1.54) is 6.07 Å². The van der Waals surface area contributed by atoms with Crippen LogP contribution in [0.3, 0.4) is 0 Å². The summed E-state index contributed by atoms with van der Waals surface area (Å²) in [4.78, 5) is 2.04. The van der Waals surface area contributed by atoms with Gasteiger partial charge in [-0.25, -0.2) is 0 Å². The molecule has 11 heavy (non-hydrogen) atoms. The summed E-state index contributed by atoms with van der Waals surface area (Å²) in [5, 5.41) is 0.757. The fourth-order valence-corrected chi connectivity index (χ4v) is 3.94. The van der Waals surface area contributed by atoms with Crippen LogP contribution in [0.4, 0.5) is 4.39 Å². The van der Waals surface area contributed by atoms with Gasteiger partial charge in [0.25, 0.3) is 0 Å². The molecule has 1 heterocycles. The molecule has 0 nitrogen and oxygen atoms in total. The minimum atomic E-state index is -0.120. The second kappa shape index (κ2) is 2.74. The van der Waals surface area contributed by atoms with E-state index in [2.05, 4.69) is 15.9 Å². The summed E-state index contributed by atoms with van der Waals surface area (Å²) in [6.07, 6.45) is 0. The maximum absolute atomic E-state index is 13.1. The zero-order valence-corrected chi connectivity index (χ0v) is 8.77. The van der Waals surface area contributed by atoms with Crippen LogP contribution in [0.15, 0.2) is 27.6 Å². The van der Waals surface area contributed by atoms with E-state index in [9.17, 15) is 4.39 Å². The Morgan fingerprint density at radius 3 is 2.91 bits per heavy atom. The van der Waals surface area contributed by atoms with Crippen molar-refractivity contribution in [2.24, 2.45) is 0 Å². The molecule has 3 heteroatoms. The summed E-state index contributed by atoms with van der Waals surface area (Å²) in [6, 6.07) is 5.23. The average Bonchev–Trinajstić information content (AvgIpc) is 2.34. The molecule has 0 unspecified atom stereocenters. The Kier molecular flexibility index (Phi) is 1.88. The Labute approximate surface area is 77.9 Å². The molecule has 0 saturated heterocycles. The third-order valence-electron chi connectivity index (χ3n) is 1.50. The van der Waals surface area contributed by atoms with Crippen molar-refractivity contribution in [1.29, 1.82) is 0 Å². The number of halogens is 2. The van der Waals surface area contributed by atoms with E-state index in [4.69, 9.17) is 0 Å². The van der Waals surface area contributed by atoms with Gasteiger partial charge in [-0.1, -0.05) is 0 Å². The van der Waals surface area contributed by atoms with E-state index in [1.54, 1.807) is 6.07 Å². The first kappa shape index (κ1) is 7.53. The molecule has 2 rings (SSSR count). The summed E-state index contributed by atoms with van der Waals surface area (Å²) >= 11 is 3.64. The molecule has 1 aromatic heterocycles. The maximum atomic E-state index is 13.1. The van der Waals surface area contributed by atoms with Crippen molar-refractivity contribution >= 4 is 40.1 Å². The van der Waals surface area contributed by atoms with Gasteiger partial charge < -0.3 is 0 Å². The molecule has 0 bridgehead atoms. The number of fused-ring (bicyclic) bond motifs is 1. The summed E-state index contributed by atoms with van der Waals surface area (Å²) < 4.78 is 15.1. The normalized spacial score (nSPS) is 10.7. The number of rotatable bonds is 0. The molecule has 56 valence electrons. The van der Waals surface area contributed by atoms with Gasteiger partial charge in [0, 0.05) is 0 Å². The minimum absolute atomic E-state index is 0.120. The Hall–Kier alpha value is -0.111. The summed E-state index contributed by atoms with van der Waals surface area (Å²) in [5.41, 5.74) is 0. The summed E-state index contributed by atoms with van der Waals surface area (Å²) in [7, 11) is 0. The first-order valence-electron chi connectivity index (χ1n) is 3.10. The zero-order valence-electron chi connectivity index (χ0n) is 5.47. The molecule has 0 saturated carbocycles. The predicted octanol–water partition coefficient (Wildman–Crippen LogP) is 2.80. The summed E-state index contributed by atoms with van der Waals surface area (Å²) in [5.74, 6) is -0.120. The Balaban J connectivity index is 2.96. The topological polar surface area (TPSA) is 0 Å². The first-order chi connectivity index (χ1) is 5.29. The molecular weight excluding hydrogens is 274 g/mol. The van der Waals surface area contributed by atoms with Crippen molar-refractivity contribution in [1.82, 2.24) is 0 Å². The van der Waals surface area contributed by atoms with Crippen LogP contribution < -0.4 is 0 Å². The van der Waals surface area contributed by atoms with E-state index in [0.29, 0.717) is 14.5 Å². The fourth-order valence-electron chi connectivity index (χ4n) is 1.01. The van der Waals surface area contributed by atoms with Gasteiger partial charge in [-0.2, -0.15) is 0 Å². The molecule has 1 aromatic carbocycles. The Morgan fingerprint density at radius 2 is 2.18 bits per heavy atom. The molecule has 0 aliphatic rings. The van der Waals surface area contributed by atoms with Crippen LogP contribution in [-0.4, -0.2) is 14.5 Å². The third-order valence-corrected chi connectivity index (χ3v) is 4.80. The van der Waals surface area contributed by atoms with Crippen LogP contribution in [-0.2, 0) is 0 Å². The van der Waals surface area contributed by atoms with Crippen LogP contribution in [0.2, 0.25) is 0 Å². The van der Waals surface area contributed by atoms with Crippen LogP contribution in [0.1, 0.15) is 0 Å². The third kappa shape index (κ3) is 1.17. The van der Waals surface area contributed by atoms with E-state index in [-0.39, 0.29) is 5.82 Å². The molecule has 2 aromatic rings. The van der Waals surface area contributed by atoms with Crippen LogP contribution in [0, 0.1) is 5.82 Å². The van der Waals surface area contributed by atoms with Gasteiger partial charge in [0.2, 0.25) is 0 Å². The molecule has 0 aliphatic heterocycles. The van der Waals surface area contributed by atoms with Crippen molar-refractivity contribution in [2.75, 3.05) is 0 Å². The van der Waals surface area contributed by atoms with Gasteiger partial charge >= 0.3 is 77.9 Å². The van der Waals surface area contributed by atoms with E-state index in [0.717, 1.165) is 14.1 Å². The summed E-state index contributed by atoms with van der Waals surface area (Å²) in [6.45, 7) is 0. The molecule has 0 amide bonds. The van der Waals surface area contributed by atoms with Crippen molar-refractivity contribution < 1.29 is 4.39 Å². The van der Waals surface area contributed by atoms with Crippen LogP contribution in [0.5, 0.6) is 0 Å². The van der Waals surface area contributed by atoms with Crippen LogP contribution in [0.25, 0.3) is 9.65 Å². The van der Waals surface area contributed by atoms with Crippen LogP contribution >= 0.6 is 15.9 Å². The van der Waals surface area contributed by atoms with Gasteiger partial charge in [-0.3, -0.25) is 0 Å². The van der Waals surface area contributed by atoms with Crippen molar-refractivity contribution in [3.05, 3.63) is 33.4 Å². The predicted molar refractivity (Wildman–Crippen MR) is 48.5 cm³/mol. The zero-order chi connectivity index (χ0) is 7.84. The first-order valence-corrected chi connectivity index (χ1v) is 5.74. The van der Waals surface area contributed by atoms with Crippen molar-refractivity contribution in [3.63, 3.8) is 0 Å². The second-order valence-corrected chi connectivity index (χ2v) is 4.96. The molecule has 0 spiro atoms. The standard InChI is InChI=1S/C8H4BrFSe/c9-5-4-11-7-3-1-2-6(10)8(5)7/h1-4H.